The first-order valence-corrected chi connectivity index (χ1v) is 9.65. The van der Waals surface area contributed by atoms with Crippen LogP contribution in [0.4, 0.5) is 0 Å². The molecule has 164 valence electrons. The van der Waals surface area contributed by atoms with Crippen molar-refractivity contribution in [3.8, 4) is 0 Å². The minimum Gasteiger partial charge on any atom is -0.481 e. The zero-order valence-electron chi connectivity index (χ0n) is 16.7. The molecule has 1 saturated heterocycles. The number of carboxylic acids is 2. The molecule has 0 saturated carbocycles. The molecule has 0 aromatic rings. The maximum atomic E-state index is 12.7. The quantitative estimate of drug-likeness (QED) is 0.231. The summed E-state index contributed by atoms with van der Waals surface area (Å²) in [5.74, 6) is -4.08. The Morgan fingerprint density at radius 2 is 1.69 bits per heavy atom. The Balaban J connectivity index is 2.81. The lowest BCUT2D eigenvalue weighted by Gasteiger charge is -2.25. The number of nitrogens with one attached hydrogen (secondary N) is 4. The third-order valence-corrected chi connectivity index (χ3v) is 4.41. The van der Waals surface area contributed by atoms with Gasteiger partial charge >= 0.3 is 11.9 Å². The minimum absolute atomic E-state index is 0.0703. The number of carboxylic acid groups (broad SMARTS) is 2. The Bertz CT molecular complexity index is 617. The topological polar surface area (TPSA) is 174 Å². The van der Waals surface area contributed by atoms with Gasteiger partial charge in [0.2, 0.25) is 17.7 Å². The van der Waals surface area contributed by atoms with E-state index in [0.29, 0.717) is 12.8 Å². The summed E-state index contributed by atoms with van der Waals surface area (Å²) in [4.78, 5) is 58.8. The summed E-state index contributed by atoms with van der Waals surface area (Å²) >= 11 is 0. The third-order valence-electron chi connectivity index (χ3n) is 4.41. The first-order valence-electron chi connectivity index (χ1n) is 9.65. The van der Waals surface area contributed by atoms with Crippen LogP contribution in [0, 0.1) is 5.92 Å². The van der Waals surface area contributed by atoms with E-state index < -0.39 is 48.8 Å². The molecular formula is C18H30N4O7. The van der Waals surface area contributed by atoms with E-state index in [-0.39, 0.29) is 24.3 Å². The molecule has 0 aliphatic carbocycles. The van der Waals surface area contributed by atoms with Gasteiger partial charge in [0.15, 0.2) is 0 Å². The van der Waals surface area contributed by atoms with Crippen molar-refractivity contribution in [3.05, 3.63) is 0 Å². The Labute approximate surface area is 169 Å². The van der Waals surface area contributed by atoms with Gasteiger partial charge in [0.1, 0.15) is 18.6 Å². The van der Waals surface area contributed by atoms with Crippen LogP contribution in [0.2, 0.25) is 0 Å². The number of carbonyl (C=O) groups is 5. The summed E-state index contributed by atoms with van der Waals surface area (Å²) in [6.07, 6.45) is 1.26. The van der Waals surface area contributed by atoms with E-state index >= 15 is 0 Å². The van der Waals surface area contributed by atoms with Gasteiger partial charge in [-0.1, -0.05) is 13.8 Å². The summed E-state index contributed by atoms with van der Waals surface area (Å²) < 4.78 is 0. The van der Waals surface area contributed by atoms with Gasteiger partial charge in [0.05, 0.1) is 6.04 Å². The highest BCUT2D eigenvalue weighted by Gasteiger charge is 2.30. The van der Waals surface area contributed by atoms with Crippen molar-refractivity contribution in [1.29, 1.82) is 0 Å². The summed E-state index contributed by atoms with van der Waals surface area (Å²) in [5, 5.41) is 27.9. The van der Waals surface area contributed by atoms with E-state index in [4.69, 9.17) is 10.2 Å². The largest absolute Gasteiger partial charge is 0.481 e. The maximum Gasteiger partial charge on any atom is 0.322 e. The monoisotopic (exact) mass is 414 g/mol. The van der Waals surface area contributed by atoms with Gasteiger partial charge in [-0.3, -0.25) is 24.0 Å². The number of amides is 3. The second kappa shape index (κ2) is 12.0. The van der Waals surface area contributed by atoms with Crippen LogP contribution in [0.5, 0.6) is 0 Å². The van der Waals surface area contributed by atoms with Gasteiger partial charge < -0.3 is 31.5 Å². The molecular weight excluding hydrogens is 384 g/mol. The second-order valence-electron chi connectivity index (χ2n) is 7.44. The van der Waals surface area contributed by atoms with Gasteiger partial charge in [0, 0.05) is 6.42 Å². The number of rotatable bonds is 12. The molecule has 0 aromatic carbocycles. The number of hydrogen-bond acceptors (Lipinski definition) is 6. The van der Waals surface area contributed by atoms with Crippen LogP contribution < -0.4 is 21.3 Å². The zero-order valence-corrected chi connectivity index (χ0v) is 16.7. The SMILES string of the molecule is CC(C)CC(NC(=O)C1CCCN1)C(=O)NC(CCC(=O)O)C(=O)NCC(=O)O. The van der Waals surface area contributed by atoms with Crippen LogP contribution in [0.3, 0.4) is 0 Å². The molecule has 1 heterocycles. The Morgan fingerprint density at radius 3 is 2.21 bits per heavy atom. The maximum absolute atomic E-state index is 12.7. The van der Waals surface area contributed by atoms with Crippen molar-refractivity contribution in [2.45, 2.75) is 64.1 Å². The smallest absolute Gasteiger partial charge is 0.322 e. The highest BCUT2D eigenvalue weighted by atomic mass is 16.4. The molecule has 1 aliphatic rings. The second-order valence-corrected chi connectivity index (χ2v) is 7.44. The molecule has 3 amide bonds. The fourth-order valence-corrected chi connectivity index (χ4v) is 2.98. The van der Waals surface area contributed by atoms with Crippen molar-refractivity contribution < 1.29 is 34.2 Å². The number of carbonyl (C=O) groups excluding carboxylic acids is 3. The van der Waals surface area contributed by atoms with Crippen molar-refractivity contribution in [2.24, 2.45) is 5.92 Å². The molecule has 0 bridgehead atoms. The fraction of sp³-hybridized carbons (Fsp3) is 0.722. The van der Waals surface area contributed by atoms with Crippen molar-refractivity contribution in [3.63, 3.8) is 0 Å². The summed E-state index contributed by atoms with van der Waals surface area (Å²) in [6, 6.07) is -2.50. The first kappa shape index (κ1) is 24.3. The van der Waals surface area contributed by atoms with E-state index in [0.717, 1.165) is 13.0 Å². The summed E-state index contributed by atoms with van der Waals surface area (Å²) in [5.41, 5.74) is 0. The molecule has 11 nitrogen and oxygen atoms in total. The molecule has 3 unspecified atom stereocenters. The summed E-state index contributed by atoms with van der Waals surface area (Å²) in [6.45, 7) is 3.82. The van der Waals surface area contributed by atoms with E-state index in [1.54, 1.807) is 0 Å². The molecule has 29 heavy (non-hydrogen) atoms. The molecule has 1 rings (SSSR count). The molecule has 1 fully saturated rings. The van der Waals surface area contributed by atoms with Crippen LogP contribution in [0.25, 0.3) is 0 Å². The van der Waals surface area contributed by atoms with Crippen LogP contribution in [-0.4, -0.2) is 71.1 Å². The normalized spacial score (nSPS) is 18.0. The standard InChI is InChI=1S/C18H30N4O7/c1-10(2)8-13(22-17(28)11-4-3-7-19-11)18(29)21-12(5-6-14(23)24)16(27)20-9-15(25)26/h10-13,19H,3-9H2,1-2H3,(H,20,27)(H,21,29)(H,22,28)(H,23,24)(H,25,26). The van der Waals surface area contributed by atoms with E-state index in [9.17, 15) is 24.0 Å². The van der Waals surface area contributed by atoms with E-state index in [2.05, 4.69) is 21.3 Å². The van der Waals surface area contributed by atoms with Gasteiger partial charge in [-0.05, 0) is 38.1 Å². The van der Waals surface area contributed by atoms with Crippen LogP contribution in [-0.2, 0) is 24.0 Å². The predicted octanol–water partition coefficient (Wildman–Crippen LogP) is -1.18. The molecule has 0 radical (unpaired) electrons. The molecule has 11 heteroatoms. The molecule has 0 spiro atoms. The lowest BCUT2D eigenvalue weighted by molar-refractivity contribution is -0.140. The lowest BCUT2D eigenvalue weighted by Crippen LogP contribution is -2.56. The first-order chi connectivity index (χ1) is 13.6. The van der Waals surface area contributed by atoms with Crippen molar-refractivity contribution >= 4 is 29.7 Å². The average molecular weight is 414 g/mol. The Kier molecular flexibility index (Phi) is 10.1. The van der Waals surface area contributed by atoms with Gasteiger partial charge in [-0.2, -0.15) is 0 Å². The zero-order chi connectivity index (χ0) is 22.0. The third kappa shape index (κ3) is 9.37. The molecule has 6 N–H and O–H groups in total. The molecule has 1 aliphatic heterocycles. The highest BCUT2D eigenvalue weighted by Crippen LogP contribution is 2.10. The fourth-order valence-electron chi connectivity index (χ4n) is 2.98. The Hall–Kier alpha value is -2.69. The van der Waals surface area contributed by atoms with Crippen LogP contribution >= 0.6 is 0 Å². The minimum atomic E-state index is -1.27. The number of aliphatic carboxylic acids is 2. The van der Waals surface area contributed by atoms with Gasteiger partial charge in [-0.25, -0.2) is 0 Å². The lowest BCUT2D eigenvalue weighted by atomic mass is 10.0. The van der Waals surface area contributed by atoms with Crippen LogP contribution in [0.15, 0.2) is 0 Å². The highest BCUT2D eigenvalue weighted by molar-refractivity contribution is 5.93. The van der Waals surface area contributed by atoms with Gasteiger partial charge in [-0.15, -0.1) is 0 Å². The van der Waals surface area contributed by atoms with Gasteiger partial charge in [0.25, 0.3) is 0 Å². The number of hydrogen-bond donors (Lipinski definition) is 6. The predicted molar refractivity (Wildman–Crippen MR) is 102 cm³/mol. The summed E-state index contributed by atoms with van der Waals surface area (Å²) in [7, 11) is 0. The van der Waals surface area contributed by atoms with E-state index in [1.165, 1.54) is 0 Å². The van der Waals surface area contributed by atoms with Crippen LogP contribution in [0.1, 0.15) is 46.0 Å². The average Bonchev–Trinajstić information content (AvgIpc) is 3.16. The molecule has 3 atom stereocenters. The molecule has 0 aromatic heterocycles. The van der Waals surface area contributed by atoms with E-state index in [1.807, 2.05) is 13.8 Å². The van der Waals surface area contributed by atoms with Crippen molar-refractivity contribution in [1.82, 2.24) is 21.3 Å². The van der Waals surface area contributed by atoms with Crippen molar-refractivity contribution in [2.75, 3.05) is 13.1 Å². The Morgan fingerprint density at radius 1 is 1.00 bits per heavy atom.